The largest absolute Gasteiger partial charge is 0.353 e. The number of benzene rings is 2. The number of nitrogens with zero attached hydrogens (tertiary/aromatic N) is 4. The number of hydrogen-bond acceptors (Lipinski definition) is 5. The highest BCUT2D eigenvalue weighted by atomic mass is 19.1. The van der Waals surface area contributed by atoms with Crippen LogP contribution in [0.1, 0.15) is 33.6 Å². The number of piperidine rings is 1. The second-order valence-electron chi connectivity index (χ2n) is 9.89. The lowest BCUT2D eigenvalue weighted by Crippen LogP contribution is -2.61. The summed E-state index contributed by atoms with van der Waals surface area (Å²) in [4.78, 5) is 47.4. The van der Waals surface area contributed by atoms with Gasteiger partial charge in [0.1, 0.15) is 23.4 Å². The first-order chi connectivity index (χ1) is 17.8. The van der Waals surface area contributed by atoms with E-state index < -0.39 is 29.3 Å². The van der Waals surface area contributed by atoms with Gasteiger partial charge >= 0.3 is 0 Å². The molecule has 0 radical (unpaired) electrons. The molecule has 10 heteroatoms. The van der Waals surface area contributed by atoms with Crippen LogP contribution in [-0.4, -0.2) is 102 Å². The molecule has 3 saturated heterocycles. The Labute approximate surface area is 214 Å². The molecule has 0 unspecified atom stereocenters. The maximum absolute atomic E-state index is 13.8. The summed E-state index contributed by atoms with van der Waals surface area (Å²) in [5, 5.41) is 0. The zero-order valence-corrected chi connectivity index (χ0v) is 20.7. The highest BCUT2D eigenvalue weighted by Crippen LogP contribution is 2.39. The van der Waals surface area contributed by atoms with E-state index in [1.54, 1.807) is 15.9 Å². The first-order valence-electron chi connectivity index (χ1n) is 12.5. The maximum atomic E-state index is 13.8. The summed E-state index contributed by atoms with van der Waals surface area (Å²) in [6.45, 7) is 3.22. The van der Waals surface area contributed by atoms with E-state index in [1.165, 1.54) is 47.4 Å². The third-order valence-corrected chi connectivity index (χ3v) is 7.57. The van der Waals surface area contributed by atoms with Gasteiger partial charge in [0.25, 0.3) is 11.8 Å². The van der Waals surface area contributed by atoms with Gasteiger partial charge in [0, 0.05) is 63.2 Å². The number of ether oxygens (including phenoxy) is 1. The van der Waals surface area contributed by atoms with Gasteiger partial charge in [-0.3, -0.25) is 19.3 Å². The van der Waals surface area contributed by atoms with E-state index in [0.29, 0.717) is 25.9 Å². The van der Waals surface area contributed by atoms with Crippen LogP contribution < -0.4 is 0 Å². The predicted octanol–water partition coefficient (Wildman–Crippen LogP) is 2.21. The molecule has 0 N–H and O–H groups in total. The average molecular weight is 513 g/mol. The van der Waals surface area contributed by atoms with Gasteiger partial charge in [-0.25, -0.2) is 8.78 Å². The Morgan fingerprint density at radius 2 is 1.49 bits per heavy atom. The molecule has 3 fully saturated rings. The second-order valence-corrected chi connectivity index (χ2v) is 9.89. The Morgan fingerprint density at radius 1 is 0.811 bits per heavy atom. The van der Waals surface area contributed by atoms with Crippen molar-refractivity contribution in [3.63, 3.8) is 0 Å². The highest BCUT2D eigenvalue weighted by Gasteiger charge is 2.55. The van der Waals surface area contributed by atoms with E-state index in [9.17, 15) is 23.2 Å². The van der Waals surface area contributed by atoms with E-state index in [2.05, 4.69) is 4.90 Å². The molecule has 196 valence electrons. The lowest BCUT2D eigenvalue weighted by Gasteiger charge is -2.45. The average Bonchev–Trinajstić information content (AvgIpc) is 3.27. The molecule has 5 rings (SSSR count). The molecule has 0 aliphatic carbocycles. The number of halogens is 2. The molecule has 2 aromatic carbocycles. The summed E-state index contributed by atoms with van der Waals surface area (Å²) in [6, 6.07) is 9.98. The molecule has 0 bridgehead atoms. The molecule has 3 amide bonds. The SMILES string of the molecule is CN1CCN(C(=O)[C@@H]2COC3(CCN(C(=O)c4cccc(F)c4)CC3)N2C(=O)c2ccc(F)cc2)CC1. The van der Waals surface area contributed by atoms with Crippen molar-refractivity contribution in [3.05, 3.63) is 71.3 Å². The Balaban J connectivity index is 1.39. The fraction of sp³-hybridized carbons (Fsp3) is 0.444. The first-order valence-corrected chi connectivity index (χ1v) is 12.5. The number of piperazine rings is 1. The maximum Gasteiger partial charge on any atom is 0.256 e. The minimum absolute atomic E-state index is 0.0515. The lowest BCUT2D eigenvalue weighted by atomic mass is 9.96. The van der Waals surface area contributed by atoms with Crippen LogP contribution in [0.25, 0.3) is 0 Å². The van der Waals surface area contributed by atoms with Gasteiger partial charge in [0.2, 0.25) is 5.91 Å². The fourth-order valence-electron chi connectivity index (χ4n) is 5.39. The molecule has 3 heterocycles. The van der Waals surface area contributed by atoms with Crippen LogP contribution >= 0.6 is 0 Å². The van der Waals surface area contributed by atoms with Gasteiger partial charge in [-0.1, -0.05) is 6.07 Å². The molecule has 3 aliphatic rings. The van der Waals surface area contributed by atoms with Crippen molar-refractivity contribution < 1.29 is 27.9 Å². The van der Waals surface area contributed by atoms with Crippen LogP contribution in [0.5, 0.6) is 0 Å². The second kappa shape index (κ2) is 10.2. The van der Waals surface area contributed by atoms with Crippen molar-refractivity contribution in [2.24, 2.45) is 0 Å². The number of rotatable bonds is 3. The molecule has 1 spiro atoms. The molecule has 1 atom stereocenters. The van der Waals surface area contributed by atoms with Crippen LogP contribution in [-0.2, 0) is 9.53 Å². The number of carbonyl (C=O) groups excluding carboxylic acids is 3. The molecule has 2 aromatic rings. The summed E-state index contributed by atoms with van der Waals surface area (Å²) in [6.07, 6.45) is 0.598. The zero-order valence-electron chi connectivity index (χ0n) is 20.7. The molecule has 37 heavy (non-hydrogen) atoms. The minimum atomic E-state index is -1.07. The van der Waals surface area contributed by atoms with Crippen molar-refractivity contribution >= 4 is 17.7 Å². The number of carbonyl (C=O) groups is 3. The van der Waals surface area contributed by atoms with Crippen LogP contribution in [0, 0.1) is 11.6 Å². The van der Waals surface area contributed by atoms with Crippen molar-refractivity contribution in [1.29, 1.82) is 0 Å². The third-order valence-electron chi connectivity index (χ3n) is 7.57. The van der Waals surface area contributed by atoms with E-state index in [4.69, 9.17) is 4.74 Å². The van der Waals surface area contributed by atoms with Crippen LogP contribution in [0.2, 0.25) is 0 Å². The summed E-state index contributed by atoms with van der Waals surface area (Å²) < 4.78 is 33.5. The fourth-order valence-corrected chi connectivity index (χ4v) is 5.39. The number of likely N-dealkylation sites (tertiary alicyclic amines) is 1. The molecule has 0 saturated carbocycles. The van der Waals surface area contributed by atoms with Gasteiger partial charge in [-0.2, -0.15) is 0 Å². The van der Waals surface area contributed by atoms with Gasteiger partial charge in [-0.15, -0.1) is 0 Å². The van der Waals surface area contributed by atoms with Crippen molar-refractivity contribution in [1.82, 2.24) is 19.6 Å². The van der Waals surface area contributed by atoms with Gasteiger partial charge < -0.3 is 19.4 Å². The summed E-state index contributed by atoms with van der Waals surface area (Å²) in [5.41, 5.74) is -0.553. The standard InChI is InChI=1S/C27H30F2N4O4/c1-30-13-15-32(16-14-30)26(36)23-18-37-27(33(23)25(35)19-5-7-21(28)8-6-19)9-11-31(12-10-27)24(34)20-3-2-4-22(29)17-20/h2-8,17,23H,9-16,18H2,1H3/t23-/m0/s1. The summed E-state index contributed by atoms with van der Waals surface area (Å²) in [7, 11) is 2.00. The summed E-state index contributed by atoms with van der Waals surface area (Å²) >= 11 is 0. The number of hydrogen-bond donors (Lipinski definition) is 0. The van der Waals surface area contributed by atoms with Gasteiger partial charge in [0.15, 0.2) is 0 Å². The van der Waals surface area contributed by atoms with Gasteiger partial charge in [0.05, 0.1) is 6.61 Å². The summed E-state index contributed by atoms with van der Waals surface area (Å²) in [5.74, 6) is -1.82. The van der Waals surface area contributed by atoms with E-state index >= 15 is 0 Å². The quantitative estimate of drug-likeness (QED) is 0.631. The molecular weight excluding hydrogens is 482 g/mol. The van der Waals surface area contributed by atoms with E-state index in [0.717, 1.165) is 13.1 Å². The topological polar surface area (TPSA) is 73.4 Å². The smallest absolute Gasteiger partial charge is 0.256 e. The zero-order chi connectivity index (χ0) is 26.2. The Kier molecular flexibility index (Phi) is 6.96. The lowest BCUT2D eigenvalue weighted by molar-refractivity contribution is -0.139. The van der Waals surface area contributed by atoms with E-state index in [1.807, 2.05) is 7.05 Å². The predicted molar refractivity (Wildman–Crippen MR) is 131 cm³/mol. The minimum Gasteiger partial charge on any atom is -0.353 e. The van der Waals surface area contributed by atoms with Crippen LogP contribution in [0.3, 0.4) is 0 Å². The van der Waals surface area contributed by atoms with Gasteiger partial charge in [-0.05, 0) is 49.5 Å². The van der Waals surface area contributed by atoms with Crippen LogP contribution in [0.15, 0.2) is 48.5 Å². The Bertz CT molecular complexity index is 1180. The monoisotopic (exact) mass is 512 g/mol. The molecule has 3 aliphatic heterocycles. The van der Waals surface area contributed by atoms with Crippen molar-refractivity contribution in [3.8, 4) is 0 Å². The Morgan fingerprint density at radius 3 is 2.14 bits per heavy atom. The van der Waals surface area contributed by atoms with E-state index in [-0.39, 0.29) is 42.6 Å². The molecule has 0 aromatic heterocycles. The molecular formula is C27H30F2N4O4. The normalized spacial score (nSPS) is 21.9. The number of amides is 3. The van der Waals surface area contributed by atoms with Crippen molar-refractivity contribution in [2.45, 2.75) is 24.6 Å². The number of likely N-dealkylation sites (N-methyl/N-ethyl adjacent to an activating group) is 1. The molecule has 8 nitrogen and oxygen atoms in total. The highest BCUT2D eigenvalue weighted by molar-refractivity contribution is 5.98. The van der Waals surface area contributed by atoms with Crippen LogP contribution in [0.4, 0.5) is 8.78 Å². The Hall–Kier alpha value is -3.37. The third kappa shape index (κ3) is 4.95. The first kappa shape index (κ1) is 25.3. The van der Waals surface area contributed by atoms with Crippen molar-refractivity contribution in [2.75, 3.05) is 52.9 Å².